The van der Waals surface area contributed by atoms with Crippen molar-refractivity contribution in [1.82, 2.24) is 15.5 Å². The first-order valence-electron chi connectivity index (χ1n) is 6.58. The summed E-state index contributed by atoms with van der Waals surface area (Å²) in [7, 11) is 1.76. The zero-order valence-electron chi connectivity index (χ0n) is 11.2. The smallest absolute Gasteiger partial charge is 0.189 e. The van der Waals surface area contributed by atoms with Crippen molar-refractivity contribution in [2.24, 2.45) is 0 Å². The van der Waals surface area contributed by atoms with Crippen LogP contribution in [0.15, 0.2) is 24.3 Å². The van der Waals surface area contributed by atoms with Crippen LogP contribution in [0, 0.1) is 5.41 Å². The second kappa shape index (κ2) is 5.87. The third-order valence-corrected chi connectivity index (χ3v) is 3.50. The molecule has 0 aliphatic carbocycles. The molecule has 0 radical (unpaired) electrons. The van der Waals surface area contributed by atoms with Crippen LogP contribution in [0.3, 0.4) is 0 Å². The van der Waals surface area contributed by atoms with Gasteiger partial charge in [0.1, 0.15) is 0 Å². The van der Waals surface area contributed by atoms with Crippen LogP contribution >= 0.6 is 0 Å². The number of guanidine groups is 1. The Balaban J connectivity index is 2.06. The van der Waals surface area contributed by atoms with Crippen LogP contribution in [0.1, 0.15) is 36.9 Å². The highest BCUT2D eigenvalue weighted by Crippen LogP contribution is 2.35. The normalized spacial score (nSPS) is 18.4. The molecule has 0 fully saturated rings. The van der Waals surface area contributed by atoms with Gasteiger partial charge in [-0.2, -0.15) is 0 Å². The molecule has 3 N–H and O–H groups in total. The molecule has 1 aliphatic heterocycles. The summed E-state index contributed by atoms with van der Waals surface area (Å²) in [6.45, 7) is 3.92. The van der Waals surface area contributed by atoms with Gasteiger partial charge in [0.15, 0.2) is 5.96 Å². The van der Waals surface area contributed by atoms with Crippen molar-refractivity contribution in [2.45, 2.75) is 32.4 Å². The number of hydrogen-bond acceptors (Lipinski definition) is 2. The summed E-state index contributed by atoms with van der Waals surface area (Å²) in [5.41, 5.74) is 2.88. The van der Waals surface area contributed by atoms with Gasteiger partial charge in [0.2, 0.25) is 0 Å². The summed E-state index contributed by atoms with van der Waals surface area (Å²) >= 11 is 0. The number of nitrogens with one attached hydrogen (secondary N) is 3. The minimum Gasteiger partial charge on any atom is -0.360 e. The van der Waals surface area contributed by atoms with Crippen molar-refractivity contribution >= 4 is 5.96 Å². The van der Waals surface area contributed by atoms with Gasteiger partial charge < -0.3 is 10.6 Å². The third kappa shape index (κ3) is 2.64. The number of fused-ring (bicyclic) bond motifs is 1. The standard InChI is InChI=1S/C14H22N4/c1-3-6-13-12-8-5-4-7-11(12)9-18(13)10-17-14(15)16-2/h4-5,7-8,13H,3,6,9-10H2,1-2H3,(H3,15,16,17). The van der Waals surface area contributed by atoms with Gasteiger partial charge in [0, 0.05) is 19.6 Å². The fourth-order valence-electron chi connectivity index (χ4n) is 2.58. The van der Waals surface area contributed by atoms with E-state index in [1.807, 2.05) is 0 Å². The Morgan fingerprint density at radius 1 is 1.44 bits per heavy atom. The number of rotatable bonds is 4. The van der Waals surface area contributed by atoms with E-state index in [1.165, 1.54) is 24.0 Å². The van der Waals surface area contributed by atoms with E-state index in [0.717, 1.165) is 13.2 Å². The van der Waals surface area contributed by atoms with E-state index in [0.29, 0.717) is 12.0 Å². The van der Waals surface area contributed by atoms with Gasteiger partial charge in [-0.15, -0.1) is 0 Å². The van der Waals surface area contributed by atoms with E-state index >= 15 is 0 Å². The number of hydrogen-bond donors (Lipinski definition) is 3. The summed E-state index contributed by atoms with van der Waals surface area (Å²) in [6, 6.07) is 9.16. The van der Waals surface area contributed by atoms with E-state index in [2.05, 4.69) is 46.7 Å². The Bertz CT molecular complexity index is 416. The fraction of sp³-hybridized carbons (Fsp3) is 0.500. The summed E-state index contributed by atoms with van der Waals surface area (Å²) in [6.07, 6.45) is 2.35. The highest BCUT2D eigenvalue weighted by atomic mass is 15.3. The van der Waals surface area contributed by atoms with Crippen LogP contribution in [0.4, 0.5) is 0 Å². The van der Waals surface area contributed by atoms with E-state index in [9.17, 15) is 0 Å². The molecule has 1 unspecified atom stereocenters. The number of benzene rings is 1. The molecule has 2 rings (SSSR count). The molecule has 1 aliphatic rings. The Morgan fingerprint density at radius 3 is 2.94 bits per heavy atom. The zero-order valence-corrected chi connectivity index (χ0v) is 11.2. The zero-order chi connectivity index (χ0) is 13.0. The quantitative estimate of drug-likeness (QED) is 0.563. The van der Waals surface area contributed by atoms with Crippen LogP contribution in [-0.4, -0.2) is 24.6 Å². The minimum absolute atomic E-state index is 0.376. The summed E-state index contributed by atoms with van der Waals surface area (Å²) in [5, 5.41) is 13.5. The second-order valence-corrected chi connectivity index (χ2v) is 4.71. The van der Waals surface area contributed by atoms with Gasteiger partial charge in [-0.1, -0.05) is 37.6 Å². The molecule has 0 amide bonds. The van der Waals surface area contributed by atoms with Crippen molar-refractivity contribution < 1.29 is 0 Å². The molecule has 18 heavy (non-hydrogen) atoms. The van der Waals surface area contributed by atoms with Crippen molar-refractivity contribution in [3.8, 4) is 0 Å². The predicted molar refractivity (Wildman–Crippen MR) is 74.4 cm³/mol. The Kier molecular flexibility index (Phi) is 4.20. The third-order valence-electron chi connectivity index (χ3n) is 3.50. The molecule has 4 heteroatoms. The molecule has 0 spiro atoms. The van der Waals surface area contributed by atoms with Crippen LogP contribution < -0.4 is 10.6 Å². The molecular weight excluding hydrogens is 224 g/mol. The second-order valence-electron chi connectivity index (χ2n) is 4.71. The van der Waals surface area contributed by atoms with Crippen LogP contribution in [0.25, 0.3) is 0 Å². The molecule has 98 valence electrons. The maximum Gasteiger partial charge on any atom is 0.189 e. The monoisotopic (exact) mass is 246 g/mol. The topological polar surface area (TPSA) is 51.2 Å². The first kappa shape index (κ1) is 12.9. The summed E-state index contributed by atoms with van der Waals surface area (Å²) < 4.78 is 0. The molecule has 0 saturated heterocycles. The van der Waals surface area contributed by atoms with E-state index in [1.54, 1.807) is 7.05 Å². The highest BCUT2D eigenvalue weighted by molar-refractivity contribution is 5.75. The molecule has 0 aromatic heterocycles. The first-order valence-corrected chi connectivity index (χ1v) is 6.58. The maximum atomic E-state index is 7.58. The molecule has 1 aromatic rings. The predicted octanol–water partition coefficient (Wildman–Crippen LogP) is 2.04. The average Bonchev–Trinajstić information content (AvgIpc) is 2.75. The van der Waals surface area contributed by atoms with E-state index < -0.39 is 0 Å². The van der Waals surface area contributed by atoms with Crippen LogP contribution in [-0.2, 0) is 6.54 Å². The molecule has 1 atom stereocenters. The molecule has 4 nitrogen and oxygen atoms in total. The Labute approximate surface area is 109 Å². The van der Waals surface area contributed by atoms with Gasteiger partial charge in [-0.3, -0.25) is 10.3 Å². The lowest BCUT2D eigenvalue weighted by Crippen LogP contribution is -2.41. The largest absolute Gasteiger partial charge is 0.360 e. The van der Waals surface area contributed by atoms with Crippen molar-refractivity contribution in [3.63, 3.8) is 0 Å². The molecule has 1 aromatic carbocycles. The molecular formula is C14H22N4. The van der Waals surface area contributed by atoms with Gasteiger partial charge in [0.05, 0.1) is 6.67 Å². The van der Waals surface area contributed by atoms with Crippen molar-refractivity contribution in [2.75, 3.05) is 13.7 Å². The van der Waals surface area contributed by atoms with Gasteiger partial charge in [0.25, 0.3) is 0 Å². The molecule has 0 bridgehead atoms. The van der Waals surface area contributed by atoms with Gasteiger partial charge in [-0.25, -0.2) is 0 Å². The lowest BCUT2D eigenvalue weighted by atomic mass is 10.0. The van der Waals surface area contributed by atoms with Gasteiger partial charge >= 0.3 is 0 Å². The Morgan fingerprint density at radius 2 is 2.22 bits per heavy atom. The van der Waals surface area contributed by atoms with Gasteiger partial charge in [-0.05, 0) is 17.5 Å². The Hall–Kier alpha value is -1.55. The average molecular weight is 246 g/mol. The van der Waals surface area contributed by atoms with E-state index in [-0.39, 0.29) is 0 Å². The maximum absolute atomic E-state index is 7.58. The van der Waals surface area contributed by atoms with E-state index in [4.69, 9.17) is 5.41 Å². The first-order chi connectivity index (χ1) is 8.76. The van der Waals surface area contributed by atoms with Crippen LogP contribution in [0.2, 0.25) is 0 Å². The molecule has 1 heterocycles. The summed E-state index contributed by atoms with van der Waals surface area (Å²) in [4.78, 5) is 2.40. The lowest BCUT2D eigenvalue weighted by molar-refractivity contribution is 0.199. The van der Waals surface area contributed by atoms with Crippen molar-refractivity contribution in [3.05, 3.63) is 35.4 Å². The van der Waals surface area contributed by atoms with Crippen LogP contribution in [0.5, 0.6) is 0 Å². The minimum atomic E-state index is 0.376. The SMILES string of the molecule is CCCC1c2ccccc2CN1CNC(=N)NC. The highest BCUT2D eigenvalue weighted by Gasteiger charge is 2.28. The van der Waals surface area contributed by atoms with Crippen molar-refractivity contribution in [1.29, 1.82) is 5.41 Å². The lowest BCUT2D eigenvalue weighted by Gasteiger charge is -2.25. The molecule has 0 saturated carbocycles. The summed E-state index contributed by atoms with van der Waals surface area (Å²) in [5.74, 6) is 0.376. The number of nitrogens with zero attached hydrogens (tertiary/aromatic N) is 1. The fourth-order valence-corrected chi connectivity index (χ4v) is 2.58.